The van der Waals surface area contributed by atoms with Crippen molar-refractivity contribution in [3.05, 3.63) is 104 Å². The third-order valence-electron chi connectivity index (χ3n) is 4.79. The number of aromatic nitrogens is 2. The van der Waals surface area contributed by atoms with Gasteiger partial charge in [-0.1, -0.05) is 26.7 Å². The van der Waals surface area contributed by atoms with E-state index in [9.17, 15) is 0 Å². The molecule has 6 rings (SSSR count). The van der Waals surface area contributed by atoms with Crippen LogP contribution >= 0.6 is 0 Å². The normalized spacial score (nSPS) is 12.0. The molecule has 0 fully saturated rings. The van der Waals surface area contributed by atoms with Gasteiger partial charge in [-0.15, -0.1) is 42.0 Å². The average Bonchev–Trinajstić information content (AvgIpc) is 3.44. The van der Waals surface area contributed by atoms with Crippen molar-refractivity contribution in [2.24, 2.45) is 0 Å². The van der Waals surface area contributed by atoms with E-state index in [-0.39, 0.29) is 20.1 Å². The summed E-state index contributed by atoms with van der Waals surface area (Å²) in [5.74, 6) is 0. The number of benzene rings is 2. The molecule has 0 aliphatic carbocycles. The maximum atomic E-state index is 5.85. The maximum Gasteiger partial charge on any atom is 0.493 e. The molecule has 5 aromatic rings. The Morgan fingerprint density at radius 3 is 2.47 bits per heavy atom. The van der Waals surface area contributed by atoms with Crippen molar-refractivity contribution < 1.29 is 33.7 Å². The topological polar surface area (TPSA) is 44.9 Å². The molecular formula is C26H18IrN4O. The molecule has 6 heteroatoms. The van der Waals surface area contributed by atoms with Crippen LogP contribution in [0.4, 0.5) is 5.69 Å². The Bertz CT molecular complexity index is 1430. The van der Waals surface area contributed by atoms with Crippen LogP contribution < -0.4 is 0 Å². The standard InChI is InChI=1S/C15H10N3O.C11H8N.Ir/c1-17-8-9-18(10-17)13-6-2-4-11-12-5-3-7-16-15(12)19-14(11)13;1-2-6-10(7-3-1)11-8-4-5-9-12-11;/h2-5,7-9H,1H3;1-6,8-9H;/q+1;-1;. The number of furan rings is 1. The zero-order valence-corrected chi connectivity index (χ0v) is 19.6. The van der Waals surface area contributed by atoms with Gasteiger partial charge in [0.25, 0.3) is 6.20 Å². The molecule has 2 aromatic carbocycles. The van der Waals surface area contributed by atoms with Gasteiger partial charge >= 0.3 is 6.01 Å². The first-order chi connectivity index (χ1) is 15.3. The molecule has 0 amide bonds. The van der Waals surface area contributed by atoms with Crippen molar-refractivity contribution in [3.63, 3.8) is 0 Å². The summed E-state index contributed by atoms with van der Waals surface area (Å²) in [7, 11) is 1.93. The fourth-order valence-corrected chi connectivity index (χ4v) is 3.34. The van der Waals surface area contributed by atoms with Crippen LogP contribution in [-0.4, -0.2) is 32.2 Å². The summed E-state index contributed by atoms with van der Waals surface area (Å²) in [5.41, 5.74) is 4.28. The molecule has 0 saturated heterocycles. The van der Waals surface area contributed by atoms with Gasteiger partial charge in [0, 0.05) is 37.9 Å². The summed E-state index contributed by atoms with van der Waals surface area (Å²) in [6.45, 7) is 0. The molecule has 3 aromatic heterocycles. The summed E-state index contributed by atoms with van der Waals surface area (Å²) in [6.07, 6.45) is 7.37. The molecule has 4 heterocycles. The summed E-state index contributed by atoms with van der Waals surface area (Å²) in [6, 6.07) is 31.0. The van der Waals surface area contributed by atoms with Crippen LogP contribution in [0.5, 0.6) is 0 Å². The molecule has 0 spiro atoms. The molecule has 1 aliphatic heterocycles. The minimum absolute atomic E-state index is 0. The molecule has 0 unspecified atom stereocenters. The monoisotopic (exact) mass is 595 g/mol. The van der Waals surface area contributed by atoms with Crippen molar-refractivity contribution in [3.8, 4) is 11.3 Å². The van der Waals surface area contributed by atoms with Crippen molar-refractivity contribution in [1.82, 2.24) is 9.97 Å². The number of hydrogen-bond acceptors (Lipinski definition) is 3. The third kappa shape index (κ3) is 4.34. The molecule has 0 bridgehead atoms. The van der Waals surface area contributed by atoms with Crippen LogP contribution in [0.1, 0.15) is 0 Å². The van der Waals surface area contributed by atoms with E-state index in [1.54, 1.807) is 12.4 Å². The quantitative estimate of drug-likeness (QED) is 0.207. The van der Waals surface area contributed by atoms with E-state index in [0.29, 0.717) is 5.71 Å². The Morgan fingerprint density at radius 1 is 0.844 bits per heavy atom. The van der Waals surface area contributed by atoms with Crippen molar-refractivity contribution in [1.29, 1.82) is 0 Å². The molecule has 1 radical (unpaired) electrons. The van der Waals surface area contributed by atoms with Crippen LogP contribution in [0.15, 0.2) is 95.9 Å². The van der Waals surface area contributed by atoms with Crippen LogP contribution in [0.25, 0.3) is 33.3 Å². The van der Waals surface area contributed by atoms with Gasteiger partial charge in [-0.05, 0) is 23.9 Å². The maximum absolute atomic E-state index is 5.85. The van der Waals surface area contributed by atoms with E-state index in [1.165, 1.54) is 0 Å². The van der Waals surface area contributed by atoms with Crippen LogP contribution in [0.2, 0.25) is 0 Å². The molecule has 1 aliphatic rings. The summed E-state index contributed by atoms with van der Waals surface area (Å²) in [5, 5.41) is 2.06. The Morgan fingerprint density at radius 2 is 1.72 bits per heavy atom. The summed E-state index contributed by atoms with van der Waals surface area (Å²) in [4.78, 5) is 8.47. The zero-order valence-electron chi connectivity index (χ0n) is 17.2. The Kier molecular flexibility index (Phi) is 6.48. The minimum Gasteiger partial charge on any atom is -0.495 e. The average molecular weight is 595 g/mol. The predicted octanol–water partition coefficient (Wildman–Crippen LogP) is 5.27. The van der Waals surface area contributed by atoms with E-state index in [4.69, 9.17) is 4.42 Å². The van der Waals surface area contributed by atoms with Gasteiger partial charge in [0.15, 0.2) is 12.7 Å². The molecule has 0 atom stereocenters. The van der Waals surface area contributed by atoms with Gasteiger partial charge in [-0.25, -0.2) is 4.98 Å². The van der Waals surface area contributed by atoms with E-state index >= 15 is 0 Å². The van der Waals surface area contributed by atoms with Gasteiger partial charge in [-0.2, -0.15) is 12.1 Å². The first-order valence-corrected chi connectivity index (χ1v) is 9.82. The number of nitrogens with zero attached hydrogens (tertiary/aromatic N) is 4. The van der Waals surface area contributed by atoms with Gasteiger partial charge in [0.05, 0.1) is 5.58 Å². The number of hydrogen-bond donors (Lipinski definition) is 0. The van der Waals surface area contributed by atoms with E-state index in [1.807, 2.05) is 95.3 Å². The van der Waals surface area contributed by atoms with Gasteiger partial charge in [0.2, 0.25) is 11.9 Å². The first kappa shape index (κ1) is 21.5. The minimum atomic E-state index is 0. The van der Waals surface area contributed by atoms with Gasteiger partial charge < -0.3 is 9.40 Å². The second-order valence-corrected chi connectivity index (χ2v) is 6.90. The molecule has 157 valence electrons. The molecular weight excluding hydrogens is 577 g/mol. The third-order valence-corrected chi connectivity index (χ3v) is 4.79. The van der Waals surface area contributed by atoms with Crippen molar-refractivity contribution in [2.45, 2.75) is 0 Å². The van der Waals surface area contributed by atoms with E-state index in [2.05, 4.69) is 28.1 Å². The number of pyridine rings is 2. The van der Waals surface area contributed by atoms with E-state index < -0.39 is 0 Å². The number of fused-ring (bicyclic) bond motifs is 3. The Hall–Kier alpha value is -3.69. The van der Waals surface area contributed by atoms with Crippen molar-refractivity contribution >= 4 is 33.8 Å². The van der Waals surface area contributed by atoms with Crippen LogP contribution in [-0.2, 0) is 20.1 Å². The summed E-state index contributed by atoms with van der Waals surface area (Å²) >= 11 is 0. The van der Waals surface area contributed by atoms with Crippen LogP contribution in [0.3, 0.4) is 0 Å². The predicted molar refractivity (Wildman–Crippen MR) is 119 cm³/mol. The Balaban J connectivity index is 0.000000164. The van der Waals surface area contributed by atoms with Gasteiger partial charge in [-0.3, -0.25) is 0 Å². The van der Waals surface area contributed by atoms with Crippen molar-refractivity contribution in [2.75, 3.05) is 7.05 Å². The molecule has 32 heavy (non-hydrogen) atoms. The first-order valence-electron chi connectivity index (χ1n) is 9.82. The van der Waals surface area contributed by atoms with Gasteiger partial charge in [0.1, 0.15) is 0 Å². The Labute approximate surface area is 199 Å². The summed E-state index contributed by atoms with van der Waals surface area (Å²) < 4.78 is 9.58. The van der Waals surface area contributed by atoms with Crippen LogP contribution in [0, 0.1) is 12.1 Å². The van der Waals surface area contributed by atoms with E-state index in [0.717, 1.165) is 33.3 Å². The fraction of sp³-hybridized carbons (Fsp3) is 0.0385. The molecule has 5 nitrogen and oxygen atoms in total. The fourth-order valence-electron chi connectivity index (χ4n) is 3.34. The largest absolute Gasteiger partial charge is 0.495 e. The smallest absolute Gasteiger partial charge is 0.493 e. The second kappa shape index (κ2) is 9.63. The number of rotatable bonds is 2. The second-order valence-electron chi connectivity index (χ2n) is 6.90. The molecule has 0 saturated carbocycles. The molecule has 0 N–H and O–H groups in total. The SMILES string of the molecule is C[N+]1=C=[N+](c2[c-]ccc3c2oc2ncccc23)C=C1.[Ir].[c-]1ccccc1-c1ccccn1. The zero-order chi connectivity index (χ0) is 21.0.